The fourth-order valence-electron chi connectivity index (χ4n) is 3.11. The Morgan fingerprint density at radius 2 is 1.74 bits per heavy atom. The molecule has 3 rings (SSSR count). The Morgan fingerprint density at radius 1 is 1.09 bits per heavy atom. The number of thioether (sulfide) groups is 1. The summed E-state index contributed by atoms with van der Waals surface area (Å²) in [5.74, 6) is -0.584. The molecule has 0 saturated heterocycles. The molecule has 1 heterocycles. The van der Waals surface area contributed by atoms with Gasteiger partial charge in [0.05, 0.1) is 43.4 Å². The van der Waals surface area contributed by atoms with Crippen molar-refractivity contribution in [1.29, 1.82) is 0 Å². The third-order valence-corrected chi connectivity index (χ3v) is 6.01. The van der Waals surface area contributed by atoms with Crippen LogP contribution in [0.25, 0.3) is 6.08 Å². The van der Waals surface area contributed by atoms with Crippen LogP contribution >= 0.6 is 23.4 Å². The number of hydrogen-bond donors (Lipinski definition) is 1. The average Bonchev–Trinajstić information content (AvgIpc) is 3.12. The van der Waals surface area contributed by atoms with Crippen LogP contribution in [0.2, 0.25) is 5.02 Å². The number of rotatable bonds is 7. The lowest BCUT2D eigenvalue weighted by molar-refractivity contribution is -0.138. The minimum absolute atomic E-state index is 0.000406. The van der Waals surface area contributed by atoms with Crippen LogP contribution in [0.4, 0.5) is 0 Å². The summed E-state index contributed by atoms with van der Waals surface area (Å²) in [5, 5.41) is 11.1. The molecule has 2 aromatic carbocycles. The molecule has 1 aliphatic heterocycles. The smallest absolute Gasteiger partial charge is 0.344 e. The fourth-order valence-corrected chi connectivity index (χ4v) is 4.34. The third kappa shape index (κ3) is 5.21. The van der Waals surface area contributed by atoms with Crippen LogP contribution < -0.4 is 14.2 Å². The standard InChI is InChI=1S/C24H22ClNO7S/c1-5-33-24(29)19-20(27)18(12-13-10-16(30-2)21(32-4)17(11-13)31-3)34-23(19)26-22(28)14-8-6-7-9-15(14)25/h6-12,27H,5H2,1-4H3/b18-12-,26-23?. The zero-order chi connectivity index (χ0) is 24.8. The Kier molecular flexibility index (Phi) is 8.25. The fraction of sp³-hybridized carbons (Fsp3) is 0.208. The van der Waals surface area contributed by atoms with E-state index in [4.69, 9.17) is 30.5 Å². The van der Waals surface area contributed by atoms with E-state index in [1.807, 2.05) is 0 Å². The second kappa shape index (κ2) is 11.1. The van der Waals surface area contributed by atoms with Gasteiger partial charge < -0.3 is 24.1 Å². The predicted molar refractivity (Wildman–Crippen MR) is 131 cm³/mol. The van der Waals surface area contributed by atoms with Gasteiger partial charge in [0.25, 0.3) is 5.91 Å². The van der Waals surface area contributed by atoms with Crippen LogP contribution in [-0.4, -0.2) is 50.0 Å². The van der Waals surface area contributed by atoms with E-state index in [-0.39, 0.29) is 38.5 Å². The Hall–Kier alpha value is -3.43. The minimum atomic E-state index is -0.800. The van der Waals surface area contributed by atoms with E-state index < -0.39 is 11.9 Å². The van der Waals surface area contributed by atoms with E-state index in [0.29, 0.717) is 22.8 Å². The Bertz CT molecular complexity index is 1190. The molecule has 0 fully saturated rings. The highest BCUT2D eigenvalue weighted by Gasteiger charge is 2.34. The summed E-state index contributed by atoms with van der Waals surface area (Å²) in [7, 11) is 4.46. The van der Waals surface area contributed by atoms with Gasteiger partial charge in [0.2, 0.25) is 5.75 Å². The number of halogens is 1. The summed E-state index contributed by atoms with van der Waals surface area (Å²) in [6.07, 6.45) is 1.60. The summed E-state index contributed by atoms with van der Waals surface area (Å²) >= 11 is 7.06. The van der Waals surface area contributed by atoms with Gasteiger partial charge in [0.15, 0.2) is 11.5 Å². The van der Waals surface area contributed by atoms with Gasteiger partial charge in [-0.3, -0.25) is 4.79 Å². The molecule has 0 aromatic heterocycles. The van der Waals surface area contributed by atoms with Crippen molar-refractivity contribution in [3.63, 3.8) is 0 Å². The first-order valence-corrected chi connectivity index (χ1v) is 11.2. The van der Waals surface area contributed by atoms with Crippen molar-refractivity contribution in [2.75, 3.05) is 27.9 Å². The van der Waals surface area contributed by atoms with E-state index in [1.54, 1.807) is 43.3 Å². The van der Waals surface area contributed by atoms with Crippen molar-refractivity contribution in [2.45, 2.75) is 6.92 Å². The van der Waals surface area contributed by atoms with Crippen LogP contribution in [0.15, 0.2) is 57.6 Å². The second-order valence-corrected chi connectivity index (χ2v) is 8.15. The summed E-state index contributed by atoms with van der Waals surface area (Å²) in [5.41, 5.74) is 0.554. The van der Waals surface area contributed by atoms with E-state index in [9.17, 15) is 14.7 Å². The maximum Gasteiger partial charge on any atom is 0.344 e. The average molecular weight is 504 g/mol. The molecule has 0 atom stereocenters. The number of methoxy groups -OCH3 is 3. The van der Waals surface area contributed by atoms with E-state index >= 15 is 0 Å². The lowest BCUT2D eigenvalue weighted by atomic mass is 10.1. The van der Waals surface area contributed by atoms with E-state index in [2.05, 4.69) is 4.99 Å². The zero-order valence-electron chi connectivity index (χ0n) is 18.9. The van der Waals surface area contributed by atoms with Crippen molar-refractivity contribution in [3.8, 4) is 17.2 Å². The molecular formula is C24H22ClNO7S. The number of amides is 1. The molecule has 178 valence electrons. The van der Waals surface area contributed by atoms with Crippen LogP contribution in [0.5, 0.6) is 17.2 Å². The Balaban J connectivity index is 2.08. The first-order chi connectivity index (χ1) is 16.3. The number of aliphatic hydroxyl groups is 1. The molecule has 2 aromatic rings. The summed E-state index contributed by atoms with van der Waals surface area (Å²) in [6, 6.07) is 9.77. The summed E-state index contributed by atoms with van der Waals surface area (Å²) in [4.78, 5) is 29.7. The van der Waals surface area contributed by atoms with Crippen molar-refractivity contribution in [3.05, 3.63) is 68.8 Å². The molecular weight excluding hydrogens is 482 g/mol. The first kappa shape index (κ1) is 25.2. The monoisotopic (exact) mass is 503 g/mol. The van der Waals surface area contributed by atoms with Gasteiger partial charge in [-0.2, -0.15) is 0 Å². The highest BCUT2D eigenvalue weighted by molar-refractivity contribution is 8.18. The highest BCUT2D eigenvalue weighted by Crippen LogP contribution is 2.42. The molecule has 8 nitrogen and oxygen atoms in total. The third-order valence-electron chi connectivity index (χ3n) is 4.66. The van der Waals surface area contributed by atoms with Gasteiger partial charge >= 0.3 is 5.97 Å². The Morgan fingerprint density at radius 3 is 2.29 bits per heavy atom. The number of hydrogen-bond acceptors (Lipinski definition) is 8. The minimum Gasteiger partial charge on any atom is -0.506 e. The van der Waals surface area contributed by atoms with Gasteiger partial charge in [-0.25, -0.2) is 9.79 Å². The van der Waals surface area contributed by atoms with Crippen molar-refractivity contribution >= 4 is 46.4 Å². The quantitative estimate of drug-likeness (QED) is 0.522. The van der Waals surface area contributed by atoms with Gasteiger partial charge in [0.1, 0.15) is 16.4 Å². The predicted octanol–water partition coefficient (Wildman–Crippen LogP) is 5.07. The normalized spacial score (nSPS) is 15.6. The number of carbonyl (C=O) groups is 2. The molecule has 0 bridgehead atoms. The van der Waals surface area contributed by atoms with Crippen LogP contribution in [0, 0.1) is 0 Å². The van der Waals surface area contributed by atoms with Crippen LogP contribution in [-0.2, 0) is 9.53 Å². The molecule has 1 aliphatic rings. The van der Waals surface area contributed by atoms with E-state index in [0.717, 1.165) is 11.8 Å². The lowest BCUT2D eigenvalue weighted by Crippen LogP contribution is -2.14. The summed E-state index contributed by atoms with van der Waals surface area (Å²) < 4.78 is 21.1. The van der Waals surface area contributed by atoms with Gasteiger partial charge in [-0.15, -0.1) is 0 Å². The molecule has 1 N–H and O–H groups in total. The molecule has 0 radical (unpaired) electrons. The molecule has 10 heteroatoms. The Labute approximate surface area is 205 Å². The number of benzene rings is 2. The number of aliphatic imine (C=N–C) groups is 1. The highest BCUT2D eigenvalue weighted by atomic mass is 35.5. The largest absolute Gasteiger partial charge is 0.506 e. The maximum absolute atomic E-state index is 12.7. The molecule has 0 aliphatic carbocycles. The van der Waals surface area contributed by atoms with Gasteiger partial charge in [-0.1, -0.05) is 35.5 Å². The van der Waals surface area contributed by atoms with E-state index in [1.165, 1.54) is 27.4 Å². The number of ether oxygens (including phenoxy) is 4. The SMILES string of the molecule is CCOC(=O)C1=C(O)/C(=C/c2cc(OC)c(OC)c(OC)c2)SC1=NC(=O)c1ccccc1Cl. The van der Waals surface area contributed by atoms with Crippen molar-refractivity contribution in [2.24, 2.45) is 4.99 Å². The number of nitrogens with zero attached hydrogens (tertiary/aromatic N) is 1. The number of aliphatic hydroxyl groups excluding tert-OH is 1. The van der Waals surface area contributed by atoms with Gasteiger partial charge in [-0.05, 0) is 42.8 Å². The van der Waals surface area contributed by atoms with Crippen molar-refractivity contribution in [1.82, 2.24) is 0 Å². The van der Waals surface area contributed by atoms with Crippen molar-refractivity contribution < 1.29 is 33.6 Å². The maximum atomic E-state index is 12.7. The second-order valence-electron chi connectivity index (χ2n) is 6.72. The number of esters is 1. The summed E-state index contributed by atoms with van der Waals surface area (Å²) in [6.45, 7) is 1.72. The van der Waals surface area contributed by atoms with Crippen LogP contribution in [0.1, 0.15) is 22.8 Å². The lowest BCUT2D eigenvalue weighted by Gasteiger charge is -2.13. The topological polar surface area (TPSA) is 104 Å². The van der Waals surface area contributed by atoms with Crippen LogP contribution in [0.3, 0.4) is 0 Å². The first-order valence-electron chi connectivity index (χ1n) is 10.0. The van der Waals surface area contributed by atoms with Gasteiger partial charge in [0, 0.05) is 0 Å². The molecule has 1 amide bonds. The molecule has 0 spiro atoms. The zero-order valence-corrected chi connectivity index (χ0v) is 20.5. The molecule has 34 heavy (non-hydrogen) atoms. The molecule has 0 unspecified atom stereocenters. The molecule has 0 saturated carbocycles. The number of carbonyl (C=O) groups excluding carboxylic acids is 2.